The van der Waals surface area contributed by atoms with Gasteiger partial charge in [-0.1, -0.05) is 6.07 Å². The number of hydrogen-bond donors (Lipinski definition) is 2. The van der Waals surface area contributed by atoms with Crippen molar-refractivity contribution < 1.29 is 14.6 Å². The van der Waals surface area contributed by atoms with E-state index >= 15 is 0 Å². The average Bonchev–Trinajstić information content (AvgIpc) is 2.30. The fraction of sp³-hybridized carbons (Fsp3) is 0.364. The summed E-state index contributed by atoms with van der Waals surface area (Å²) < 4.78 is 5.53. The number of hydrogen-bond acceptors (Lipinski definition) is 4. The fourth-order valence-electron chi connectivity index (χ4n) is 1.64. The standard InChI is InChI=1S/C11H13NO3/c13-7-9-2-1-8(5-10(9)14)11-6-12-3-4-15-11/h1-2,5,7,11-12,14H,3-4,6H2. The van der Waals surface area contributed by atoms with E-state index in [-0.39, 0.29) is 11.9 Å². The van der Waals surface area contributed by atoms with Crippen molar-refractivity contribution in [2.45, 2.75) is 6.10 Å². The van der Waals surface area contributed by atoms with Crippen LogP contribution in [0.5, 0.6) is 5.75 Å². The zero-order valence-electron chi connectivity index (χ0n) is 8.27. The number of morpholine rings is 1. The first-order chi connectivity index (χ1) is 7.31. The molecule has 0 aliphatic carbocycles. The van der Waals surface area contributed by atoms with Crippen LogP contribution in [-0.4, -0.2) is 31.1 Å². The van der Waals surface area contributed by atoms with E-state index in [0.717, 1.165) is 18.7 Å². The van der Waals surface area contributed by atoms with Crippen LogP contribution in [0.2, 0.25) is 0 Å². The van der Waals surface area contributed by atoms with Gasteiger partial charge in [-0.25, -0.2) is 0 Å². The number of aldehydes is 1. The highest BCUT2D eigenvalue weighted by atomic mass is 16.5. The van der Waals surface area contributed by atoms with Crippen LogP contribution in [0, 0.1) is 0 Å². The number of benzene rings is 1. The first-order valence-corrected chi connectivity index (χ1v) is 4.91. The van der Waals surface area contributed by atoms with Crippen molar-refractivity contribution in [3.8, 4) is 5.75 Å². The summed E-state index contributed by atoms with van der Waals surface area (Å²) in [4.78, 5) is 10.5. The molecule has 80 valence electrons. The maximum absolute atomic E-state index is 10.5. The predicted molar refractivity (Wildman–Crippen MR) is 55.1 cm³/mol. The average molecular weight is 207 g/mol. The van der Waals surface area contributed by atoms with Gasteiger partial charge in [-0.15, -0.1) is 0 Å². The van der Waals surface area contributed by atoms with Crippen LogP contribution in [0.3, 0.4) is 0 Å². The van der Waals surface area contributed by atoms with E-state index in [1.54, 1.807) is 18.2 Å². The van der Waals surface area contributed by atoms with E-state index in [4.69, 9.17) is 4.74 Å². The van der Waals surface area contributed by atoms with Gasteiger partial charge in [0.2, 0.25) is 0 Å². The topological polar surface area (TPSA) is 58.6 Å². The molecule has 15 heavy (non-hydrogen) atoms. The van der Waals surface area contributed by atoms with Gasteiger partial charge in [0.1, 0.15) is 5.75 Å². The molecule has 1 unspecified atom stereocenters. The van der Waals surface area contributed by atoms with Crippen LogP contribution < -0.4 is 5.32 Å². The Labute approximate surface area is 87.9 Å². The molecule has 1 heterocycles. The third-order valence-electron chi connectivity index (χ3n) is 2.48. The van der Waals surface area contributed by atoms with Gasteiger partial charge in [0.25, 0.3) is 0 Å². The fourth-order valence-corrected chi connectivity index (χ4v) is 1.64. The van der Waals surface area contributed by atoms with Crippen molar-refractivity contribution in [2.75, 3.05) is 19.7 Å². The normalized spacial score (nSPS) is 21.2. The summed E-state index contributed by atoms with van der Waals surface area (Å²) in [6, 6.07) is 5.00. The van der Waals surface area contributed by atoms with Crippen LogP contribution in [0.1, 0.15) is 22.0 Å². The third-order valence-corrected chi connectivity index (χ3v) is 2.48. The van der Waals surface area contributed by atoms with Gasteiger partial charge in [-0.05, 0) is 17.7 Å². The molecule has 1 aliphatic heterocycles. The molecular formula is C11H13NO3. The Bertz CT molecular complexity index is 359. The van der Waals surface area contributed by atoms with Crippen molar-refractivity contribution >= 4 is 6.29 Å². The summed E-state index contributed by atoms with van der Waals surface area (Å²) in [5.74, 6) is 0.0108. The molecule has 1 saturated heterocycles. The van der Waals surface area contributed by atoms with E-state index in [1.807, 2.05) is 0 Å². The molecule has 4 nitrogen and oxygen atoms in total. The van der Waals surface area contributed by atoms with Crippen molar-refractivity contribution in [3.05, 3.63) is 29.3 Å². The van der Waals surface area contributed by atoms with E-state index in [9.17, 15) is 9.90 Å². The molecule has 0 aromatic heterocycles. The van der Waals surface area contributed by atoms with Crippen molar-refractivity contribution in [1.29, 1.82) is 0 Å². The van der Waals surface area contributed by atoms with E-state index in [0.29, 0.717) is 18.5 Å². The molecule has 4 heteroatoms. The summed E-state index contributed by atoms with van der Waals surface area (Å²) in [5, 5.41) is 12.7. The highest BCUT2D eigenvalue weighted by Gasteiger charge is 2.16. The Hall–Kier alpha value is -1.39. The number of rotatable bonds is 2. The Kier molecular flexibility index (Phi) is 2.99. The van der Waals surface area contributed by atoms with Crippen LogP contribution >= 0.6 is 0 Å². The smallest absolute Gasteiger partial charge is 0.153 e. The molecule has 0 radical (unpaired) electrons. The van der Waals surface area contributed by atoms with Gasteiger partial charge < -0.3 is 15.2 Å². The Morgan fingerprint density at radius 1 is 1.53 bits per heavy atom. The third kappa shape index (κ3) is 2.16. The predicted octanol–water partition coefficient (Wildman–Crippen LogP) is 0.866. The number of carbonyl (C=O) groups is 1. The quantitative estimate of drug-likeness (QED) is 0.706. The summed E-state index contributed by atoms with van der Waals surface area (Å²) in [6.07, 6.45) is 0.601. The molecule has 1 aromatic rings. The number of nitrogens with one attached hydrogen (secondary N) is 1. The minimum Gasteiger partial charge on any atom is -0.507 e. The molecular weight excluding hydrogens is 194 g/mol. The second-order valence-corrected chi connectivity index (χ2v) is 3.50. The monoisotopic (exact) mass is 207 g/mol. The summed E-state index contributed by atoms with van der Waals surface area (Å²) in [5.41, 5.74) is 1.20. The second-order valence-electron chi connectivity index (χ2n) is 3.50. The van der Waals surface area contributed by atoms with E-state index in [1.165, 1.54) is 0 Å². The highest BCUT2D eigenvalue weighted by Crippen LogP contribution is 2.24. The summed E-state index contributed by atoms with van der Waals surface area (Å²) in [7, 11) is 0. The molecule has 2 N–H and O–H groups in total. The minimum absolute atomic E-state index is 0.0108. The zero-order valence-corrected chi connectivity index (χ0v) is 8.27. The molecule has 1 atom stereocenters. The maximum Gasteiger partial charge on any atom is 0.153 e. The van der Waals surface area contributed by atoms with Crippen molar-refractivity contribution in [2.24, 2.45) is 0 Å². The number of carbonyl (C=O) groups excluding carboxylic acids is 1. The van der Waals surface area contributed by atoms with Gasteiger partial charge >= 0.3 is 0 Å². The van der Waals surface area contributed by atoms with Crippen LogP contribution in [0.15, 0.2) is 18.2 Å². The van der Waals surface area contributed by atoms with Crippen molar-refractivity contribution in [1.82, 2.24) is 5.32 Å². The van der Waals surface area contributed by atoms with Gasteiger partial charge in [0.05, 0.1) is 18.3 Å². The van der Waals surface area contributed by atoms with E-state index in [2.05, 4.69) is 5.32 Å². The molecule has 1 aromatic carbocycles. The molecule has 1 aliphatic rings. The van der Waals surface area contributed by atoms with Crippen LogP contribution in [0.4, 0.5) is 0 Å². The number of ether oxygens (including phenoxy) is 1. The van der Waals surface area contributed by atoms with Crippen LogP contribution in [0.25, 0.3) is 0 Å². The summed E-state index contributed by atoms with van der Waals surface area (Å²) in [6.45, 7) is 2.26. The van der Waals surface area contributed by atoms with Crippen molar-refractivity contribution in [3.63, 3.8) is 0 Å². The number of phenolic OH excluding ortho intramolecular Hbond substituents is 1. The Balaban J connectivity index is 2.21. The van der Waals surface area contributed by atoms with E-state index < -0.39 is 0 Å². The molecule has 0 amide bonds. The lowest BCUT2D eigenvalue weighted by Gasteiger charge is -2.24. The number of phenols is 1. The zero-order chi connectivity index (χ0) is 10.7. The highest BCUT2D eigenvalue weighted by molar-refractivity contribution is 5.79. The minimum atomic E-state index is -0.0367. The lowest BCUT2D eigenvalue weighted by atomic mass is 10.1. The second kappa shape index (κ2) is 4.42. The lowest BCUT2D eigenvalue weighted by Crippen LogP contribution is -2.33. The van der Waals surface area contributed by atoms with Gasteiger partial charge in [-0.3, -0.25) is 4.79 Å². The molecule has 0 bridgehead atoms. The lowest BCUT2D eigenvalue weighted by molar-refractivity contribution is 0.0276. The van der Waals surface area contributed by atoms with Crippen LogP contribution in [-0.2, 0) is 4.74 Å². The molecule has 0 saturated carbocycles. The molecule has 2 rings (SSSR count). The molecule has 1 fully saturated rings. The number of aromatic hydroxyl groups is 1. The first-order valence-electron chi connectivity index (χ1n) is 4.91. The Morgan fingerprint density at radius 3 is 3.00 bits per heavy atom. The van der Waals surface area contributed by atoms with Gasteiger partial charge in [-0.2, -0.15) is 0 Å². The Morgan fingerprint density at radius 2 is 2.40 bits per heavy atom. The molecule has 0 spiro atoms. The SMILES string of the molecule is O=Cc1ccc(C2CNCCO2)cc1O. The largest absolute Gasteiger partial charge is 0.507 e. The van der Waals surface area contributed by atoms with Gasteiger partial charge in [0, 0.05) is 13.1 Å². The first kappa shape index (κ1) is 10.1. The maximum atomic E-state index is 10.5. The summed E-state index contributed by atoms with van der Waals surface area (Å²) >= 11 is 0. The van der Waals surface area contributed by atoms with Gasteiger partial charge in [0.15, 0.2) is 6.29 Å².